The Balaban J connectivity index is 3.41. The van der Waals surface area contributed by atoms with Crippen molar-refractivity contribution >= 4 is 21.8 Å². The quantitative estimate of drug-likeness (QED) is 0.662. The minimum Gasteiger partial charge on any atom is -0.241 e. The fourth-order valence-electron chi connectivity index (χ4n) is 0.596. The van der Waals surface area contributed by atoms with Gasteiger partial charge in [0, 0.05) is 11.2 Å². The normalized spacial score (nSPS) is 17.7. The number of pyridine rings is 1. The molecule has 0 aliphatic rings. The predicted octanol–water partition coefficient (Wildman–Crippen LogP) is 4.39. The lowest BCUT2D eigenvalue weighted by atomic mass is 10.5. The van der Waals surface area contributed by atoms with E-state index < -0.39 is 20.3 Å². The molecule has 8 heteroatoms. The summed E-state index contributed by atoms with van der Waals surface area (Å²) in [4.78, 5) is 2.55. The van der Waals surface area contributed by atoms with Crippen LogP contribution in [0.15, 0.2) is 23.4 Å². The average Bonchev–Trinajstić information content (AvgIpc) is 1.82. The Labute approximate surface area is 75.3 Å². The molecule has 1 rings (SSSR count). The van der Waals surface area contributed by atoms with Gasteiger partial charge in [0.1, 0.15) is 0 Å². The van der Waals surface area contributed by atoms with Gasteiger partial charge in [0.2, 0.25) is 0 Å². The maximum absolute atomic E-state index is 12.0. The van der Waals surface area contributed by atoms with Gasteiger partial charge in [-0.25, -0.2) is 4.98 Å². The molecular formula is C5H3ClF5NS. The minimum absolute atomic E-state index is 0.100. The fraction of sp³-hybridized carbons (Fsp3) is 0. The number of hydrogen-bond acceptors (Lipinski definition) is 1. The van der Waals surface area contributed by atoms with Crippen LogP contribution in [-0.2, 0) is 0 Å². The lowest BCUT2D eigenvalue weighted by Crippen LogP contribution is -2.07. The zero-order chi connectivity index (χ0) is 10.4. The highest BCUT2D eigenvalue weighted by Crippen LogP contribution is 3.01. The summed E-state index contributed by atoms with van der Waals surface area (Å²) in [5.74, 6) is 0. The van der Waals surface area contributed by atoms with Crippen LogP contribution in [0.5, 0.6) is 0 Å². The van der Waals surface area contributed by atoms with E-state index in [0.717, 1.165) is 6.07 Å². The zero-order valence-corrected chi connectivity index (χ0v) is 7.43. The smallest absolute Gasteiger partial charge is 0.241 e. The van der Waals surface area contributed by atoms with Crippen LogP contribution in [0.4, 0.5) is 19.4 Å². The van der Waals surface area contributed by atoms with E-state index in [1.165, 1.54) is 0 Å². The number of halogens is 6. The van der Waals surface area contributed by atoms with Crippen molar-refractivity contribution < 1.29 is 19.4 Å². The lowest BCUT2D eigenvalue weighted by molar-refractivity contribution is 0.358. The second-order valence-electron chi connectivity index (χ2n) is 2.28. The number of aromatic nitrogens is 1. The second-order valence-corrected chi connectivity index (χ2v) is 5.07. The molecule has 0 aliphatic heterocycles. The largest absolute Gasteiger partial charge is 0.325 e. The summed E-state index contributed by atoms with van der Waals surface area (Å²) in [5, 5.41) is -2.65. The third-order valence-corrected chi connectivity index (χ3v) is 2.34. The molecule has 0 aromatic carbocycles. The molecule has 0 amide bonds. The molecule has 0 N–H and O–H groups in total. The van der Waals surface area contributed by atoms with Crippen molar-refractivity contribution in [1.82, 2.24) is 4.98 Å². The summed E-state index contributed by atoms with van der Waals surface area (Å²) in [6.45, 7) is 0. The Morgan fingerprint density at radius 3 is 2.00 bits per heavy atom. The standard InChI is InChI=1S/C5H3ClF5NS/c6-4-1-2-12-5(3-4)13(7,8,9,10)11/h1-3H. The molecule has 0 spiro atoms. The summed E-state index contributed by atoms with van der Waals surface area (Å²) in [6, 6.07) is 1.08. The molecule has 1 heterocycles. The second kappa shape index (κ2) is 2.09. The highest BCUT2D eigenvalue weighted by atomic mass is 35.5. The summed E-state index contributed by atoms with van der Waals surface area (Å²) in [5.41, 5.74) is 0. The highest BCUT2D eigenvalue weighted by Gasteiger charge is 2.67. The monoisotopic (exact) mass is 239 g/mol. The Morgan fingerprint density at radius 1 is 1.15 bits per heavy atom. The topological polar surface area (TPSA) is 12.9 Å². The summed E-state index contributed by atoms with van der Waals surface area (Å²) in [7, 11) is -9.66. The van der Waals surface area contributed by atoms with E-state index in [1.54, 1.807) is 0 Å². The molecule has 0 unspecified atom stereocenters. The summed E-state index contributed by atoms with van der Waals surface area (Å²) in [6.07, 6.45) is 0.579. The molecular weight excluding hydrogens is 237 g/mol. The maximum Gasteiger partial charge on any atom is 0.325 e. The number of hydrogen-bond donors (Lipinski definition) is 0. The number of rotatable bonds is 1. The van der Waals surface area contributed by atoms with Gasteiger partial charge < -0.3 is 0 Å². The van der Waals surface area contributed by atoms with Crippen molar-refractivity contribution in [2.45, 2.75) is 5.03 Å². The molecule has 0 aliphatic carbocycles. The van der Waals surface area contributed by atoms with Crippen molar-refractivity contribution in [3.63, 3.8) is 0 Å². The first-order chi connectivity index (χ1) is 5.49. The molecule has 1 nitrogen and oxygen atoms in total. The van der Waals surface area contributed by atoms with E-state index in [4.69, 9.17) is 11.6 Å². The van der Waals surface area contributed by atoms with Gasteiger partial charge in [-0.05, 0) is 12.1 Å². The molecule has 1 aromatic rings. The van der Waals surface area contributed by atoms with Gasteiger partial charge in [0.05, 0.1) is 0 Å². The first-order valence-corrected chi connectivity index (χ1v) is 5.18. The van der Waals surface area contributed by atoms with Crippen molar-refractivity contribution in [2.75, 3.05) is 0 Å². The van der Waals surface area contributed by atoms with Gasteiger partial charge in [0.25, 0.3) is 0 Å². The Bertz CT molecular complexity index is 346. The minimum atomic E-state index is -9.66. The van der Waals surface area contributed by atoms with Gasteiger partial charge in [-0.1, -0.05) is 31.0 Å². The van der Waals surface area contributed by atoms with Crippen LogP contribution < -0.4 is 0 Å². The Kier molecular flexibility index (Phi) is 1.69. The molecule has 0 saturated carbocycles. The summed E-state index contributed by atoms with van der Waals surface area (Å²) >= 11 is 5.12. The molecule has 0 fully saturated rings. The van der Waals surface area contributed by atoms with Crippen LogP contribution in [0.1, 0.15) is 0 Å². The van der Waals surface area contributed by atoms with E-state index in [0.29, 0.717) is 6.20 Å². The van der Waals surface area contributed by atoms with E-state index >= 15 is 0 Å². The van der Waals surface area contributed by atoms with E-state index in [2.05, 4.69) is 4.98 Å². The number of nitrogens with zero attached hydrogens (tertiary/aromatic N) is 1. The van der Waals surface area contributed by atoms with Crippen LogP contribution in [0.2, 0.25) is 5.02 Å². The molecule has 0 saturated heterocycles. The van der Waals surface area contributed by atoms with Crippen LogP contribution >= 0.6 is 21.8 Å². The predicted molar refractivity (Wildman–Crippen MR) is 40.6 cm³/mol. The molecule has 13 heavy (non-hydrogen) atoms. The third kappa shape index (κ3) is 2.70. The SMILES string of the molecule is FS(F)(F)(F)(F)c1cc(Cl)ccn1. The third-order valence-electron chi connectivity index (χ3n) is 1.09. The first-order valence-electron chi connectivity index (χ1n) is 2.85. The van der Waals surface area contributed by atoms with Crippen molar-refractivity contribution in [3.05, 3.63) is 23.4 Å². The molecule has 0 atom stereocenters. The first kappa shape index (κ1) is 10.5. The molecule has 0 bridgehead atoms. The summed E-state index contributed by atoms with van der Waals surface area (Å²) < 4.78 is 60.0. The van der Waals surface area contributed by atoms with Gasteiger partial charge in [-0.3, -0.25) is 0 Å². The van der Waals surface area contributed by atoms with Crippen molar-refractivity contribution in [2.24, 2.45) is 0 Å². The zero-order valence-electron chi connectivity index (χ0n) is 5.86. The van der Waals surface area contributed by atoms with Crippen LogP contribution in [0.25, 0.3) is 0 Å². The van der Waals surface area contributed by atoms with Gasteiger partial charge in [-0.2, -0.15) is 0 Å². The van der Waals surface area contributed by atoms with Crippen molar-refractivity contribution in [1.29, 1.82) is 0 Å². The van der Waals surface area contributed by atoms with Crippen LogP contribution in [0.3, 0.4) is 0 Å². The van der Waals surface area contributed by atoms with Crippen molar-refractivity contribution in [3.8, 4) is 0 Å². The van der Waals surface area contributed by atoms with E-state index in [9.17, 15) is 19.4 Å². The Hall–Kier alpha value is -0.560. The van der Waals surface area contributed by atoms with E-state index in [1.807, 2.05) is 0 Å². The van der Waals surface area contributed by atoms with Crippen LogP contribution in [0, 0.1) is 0 Å². The molecule has 0 radical (unpaired) electrons. The van der Waals surface area contributed by atoms with Gasteiger partial charge in [-0.15, -0.1) is 0 Å². The van der Waals surface area contributed by atoms with Gasteiger partial charge >= 0.3 is 10.2 Å². The van der Waals surface area contributed by atoms with Crippen LogP contribution in [-0.4, -0.2) is 4.98 Å². The maximum atomic E-state index is 12.0. The average molecular weight is 240 g/mol. The molecule has 1 aromatic heterocycles. The molecule has 76 valence electrons. The lowest BCUT2D eigenvalue weighted by Gasteiger charge is -2.39. The fourth-order valence-corrected chi connectivity index (χ4v) is 1.43. The van der Waals surface area contributed by atoms with Gasteiger partial charge in [0.15, 0.2) is 5.03 Å². The Morgan fingerprint density at radius 2 is 1.69 bits per heavy atom. The highest BCUT2D eigenvalue weighted by molar-refractivity contribution is 8.45. The van der Waals surface area contributed by atoms with E-state index in [-0.39, 0.29) is 6.07 Å².